The Bertz CT molecular complexity index is 617. The summed E-state index contributed by atoms with van der Waals surface area (Å²) in [6.45, 7) is 3.13. The van der Waals surface area contributed by atoms with Gasteiger partial charge in [0.05, 0.1) is 5.04 Å². The second-order valence-corrected chi connectivity index (χ2v) is 7.18. The molecule has 0 bridgehead atoms. The van der Waals surface area contributed by atoms with Crippen LogP contribution in [0.25, 0.3) is 0 Å². The lowest BCUT2D eigenvalue weighted by atomic mass is 10.1. The highest BCUT2D eigenvalue weighted by molar-refractivity contribution is 8.14. The SMILES string of the molecule is CCCCCCC/C=C/C=C/C(=O)Nc1ccc(C2=NCCS2)cc1. The van der Waals surface area contributed by atoms with Crippen molar-refractivity contribution in [2.45, 2.75) is 45.4 Å². The number of benzene rings is 1. The van der Waals surface area contributed by atoms with Gasteiger partial charge in [0.25, 0.3) is 0 Å². The van der Waals surface area contributed by atoms with E-state index in [9.17, 15) is 4.79 Å². The van der Waals surface area contributed by atoms with E-state index in [4.69, 9.17) is 0 Å². The fraction of sp³-hybridized carbons (Fsp3) is 0.429. The van der Waals surface area contributed by atoms with Gasteiger partial charge in [-0.2, -0.15) is 0 Å². The zero-order valence-corrected chi connectivity index (χ0v) is 15.9. The second kappa shape index (κ2) is 11.7. The van der Waals surface area contributed by atoms with Crippen LogP contribution in [0, 0.1) is 0 Å². The van der Waals surface area contributed by atoms with Gasteiger partial charge in [-0.05, 0) is 25.0 Å². The molecule has 0 aromatic heterocycles. The molecule has 3 nitrogen and oxygen atoms in total. The molecule has 1 aromatic rings. The molecule has 0 aliphatic carbocycles. The Morgan fingerprint density at radius 3 is 2.68 bits per heavy atom. The third-order valence-corrected chi connectivity index (χ3v) is 4.98. The number of nitrogens with zero attached hydrogens (tertiary/aromatic N) is 1. The summed E-state index contributed by atoms with van der Waals surface area (Å²) in [6, 6.07) is 7.87. The van der Waals surface area contributed by atoms with E-state index < -0.39 is 0 Å². The third kappa shape index (κ3) is 7.74. The van der Waals surface area contributed by atoms with Crippen molar-refractivity contribution in [1.82, 2.24) is 0 Å². The number of hydrogen-bond donors (Lipinski definition) is 1. The molecule has 1 aliphatic rings. The van der Waals surface area contributed by atoms with Crippen LogP contribution in [0.3, 0.4) is 0 Å². The Kier molecular flexibility index (Phi) is 9.13. The van der Waals surface area contributed by atoms with Crippen LogP contribution >= 0.6 is 11.8 Å². The molecule has 0 unspecified atom stereocenters. The molecule has 2 rings (SSSR count). The molecular formula is C21H28N2OS. The Balaban J connectivity index is 1.67. The minimum Gasteiger partial charge on any atom is -0.323 e. The van der Waals surface area contributed by atoms with Gasteiger partial charge in [-0.3, -0.25) is 9.79 Å². The summed E-state index contributed by atoms with van der Waals surface area (Å²) in [5.41, 5.74) is 1.93. The Morgan fingerprint density at radius 2 is 1.96 bits per heavy atom. The van der Waals surface area contributed by atoms with Crippen LogP contribution in [0.2, 0.25) is 0 Å². The third-order valence-electron chi connectivity index (χ3n) is 3.95. The van der Waals surface area contributed by atoms with Gasteiger partial charge in [0, 0.05) is 29.6 Å². The predicted octanol–water partition coefficient (Wildman–Crippen LogP) is 5.59. The molecule has 1 N–H and O–H groups in total. The first-order valence-electron chi connectivity index (χ1n) is 9.21. The first-order valence-corrected chi connectivity index (χ1v) is 10.2. The van der Waals surface area contributed by atoms with E-state index in [0.717, 1.165) is 35.0 Å². The molecule has 0 saturated carbocycles. The number of hydrogen-bond acceptors (Lipinski definition) is 3. The smallest absolute Gasteiger partial charge is 0.248 e. The Hall–Kier alpha value is -1.81. The largest absolute Gasteiger partial charge is 0.323 e. The van der Waals surface area contributed by atoms with Crippen LogP contribution in [-0.2, 0) is 4.79 Å². The average molecular weight is 357 g/mol. The van der Waals surface area contributed by atoms with Crippen molar-refractivity contribution in [3.8, 4) is 0 Å². The number of nitrogens with one attached hydrogen (secondary N) is 1. The number of allylic oxidation sites excluding steroid dienone is 3. The molecule has 25 heavy (non-hydrogen) atoms. The molecule has 0 fully saturated rings. The van der Waals surface area contributed by atoms with E-state index >= 15 is 0 Å². The maximum atomic E-state index is 11.9. The minimum absolute atomic E-state index is 0.104. The van der Waals surface area contributed by atoms with Crippen molar-refractivity contribution >= 4 is 28.4 Å². The maximum Gasteiger partial charge on any atom is 0.248 e. The lowest BCUT2D eigenvalue weighted by Crippen LogP contribution is -2.07. The maximum absolute atomic E-state index is 11.9. The van der Waals surface area contributed by atoms with Crippen LogP contribution in [0.5, 0.6) is 0 Å². The first-order chi connectivity index (χ1) is 12.3. The van der Waals surface area contributed by atoms with Gasteiger partial charge in [-0.15, -0.1) is 11.8 Å². The van der Waals surface area contributed by atoms with Crippen LogP contribution in [0.1, 0.15) is 51.0 Å². The monoisotopic (exact) mass is 356 g/mol. The molecule has 4 heteroatoms. The van der Waals surface area contributed by atoms with E-state index in [-0.39, 0.29) is 5.91 Å². The van der Waals surface area contributed by atoms with E-state index in [0.29, 0.717) is 0 Å². The van der Waals surface area contributed by atoms with Gasteiger partial charge in [-0.25, -0.2) is 0 Å². The van der Waals surface area contributed by atoms with E-state index in [1.807, 2.05) is 30.3 Å². The van der Waals surface area contributed by atoms with Gasteiger partial charge in [-0.1, -0.05) is 63.0 Å². The van der Waals surface area contributed by atoms with Gasteiger partial charge in [0.1, 0.15) is 0 Å². The molecule has 0 spiro atoms. The molecular weight excluding hydrogens is 328 g/mol. The van der Waals surface area contributed by atoms with Crippen LogP contribution in [0.4, 0.5) is 5.69 Å². The number of rotatable bonds is 10. The Labute approximate surface area is 155 Å². The van der Waals surface area contributed by atoms with Gasteiger partial charge in [0.15, 0.2) is 0 Å². The van der Waals surface area contributed by atoms with Gasteiger partial charge < -0.3 is 5.32 Å². The molecule has 1 aliphatic heterocycles. The molecule has 1 amide bonds. The topological polar surface area (TPSA) is 41.5 Å². The van der Waals surface area contributed by atoms with Gasteiger partial charge >= 0.3 is 0 Å². The van der Waals surface area contributed by atoms with E-state index in [1.54, 1.807) is 23.9 Å². The fourth-order valence-corrected chi connectivity index (χ4v) is 3.43. The summed E-state index contributed by atoms with van der Waals surface area (Å²) in [5, 5.41) is 3.97. The highest BCUT2D eigenvalue weighted by Gasteiger charge is 2.09. The van der Waals surface area contributed by atoms with Crippen molar-refractivity contribution in [2.24, 2.45) is 4.99 Å². The first kappa shape index (κ1) is 19.5. The summed E-state index contributed by atoms with van der Waals surface area (Å²) in [4.78, 5) is 16.4. The molecule has 0 saturated heterocycles. The van der Waals surface area contributed by atoms with Crippen LogP contribution in [-0.4, -0.2) is 23.2 Å². The second-order valence-electron chi connectivity index (χ2n) is 6.09. The number of thioether (sulfide) groups is 1. The van der Waals surface area contributed by atoms with Crippen molar-refractivity contribution in [3.05, 3.63) is 54.1 Å². The summed E-state index contributed by atoms with van der Waals surface area (Å²) < 4.78 is 0. The Morgan fingerprint density at radius 1 is 1.16 bits per heavy atom. The molecule has 134 valence electrons. The van der Waals surface area contributed by atoms with Gasteiger partial charge in [0.2, 0.25) is 5.91 Å². The number of aliphatic imine (C=N–C) groups is 1. The van der Waals surface area contributed by atoms with Crippen molar-refractivity contribution < 1.29 is 4.79 Å². The minimum atomic E-state index is -0.104. The number of carbonyl (C=O) groups is 1. The standard InChI is InChI=1S/C21H28N2OS/c1-2-3-4-5-6-7-8-9-10-11-20(24)23-19-14-12-18(13-15-19)21-22-16-17-25-21/h8-15H,2-7,16-17H2,1H3,(H,23,24)/b9-8+,11-10+. The molecule has 0 atom stereocenters. The fourth-order valence-electron chi connectivity index (χ4n) is 2.57. The quantitative estimate of drug-likeness (QED) is 0.337. The van der Waals surface area contributed by atoms with Crippen molar-refractivity contribution in [3.63, 3.8) is 0 Å². The number of anilines is 1. The number of unbranched alkanes of at least 4 members (excludes halogenated alkanes) is 5. The zero-order chi connectivity index (χ0) is 17.7. The summed E-state index contributed by atoms with van der Waals surface area (Å²) in [5.74, 6) is 0.957. The molecule has 1 aromatic carbocycles. The van der Waals surface area contributed by atoms with Crippen LogP contribution in [0.15, 0.2) is 53.6 Å². The van der Waals surface area contributed by atoms with Crippen molar-refractivity contribution in [1.29, 1.82) is 0 Å². The molecule has 1 heterocycles. The van der Waals surface area contributed by atoms with E-state index in [2.05, 4.69) is 23.3 Å². The zero-order valence-electron chi connectivity index (χ0n) is 15.0. The summed E-state index contributed by atoms with van der Waals surface area (Å²) in [7, 11) is 0. The highest BCUT2D eigenvalue weighted by Crippen LogP contribution is 2.20. The van der Waals surface area contributed by atoms with Crippen molar-refractivity contribution in [2.75, 3.05) is 17.6 Å². The lowest BCUT2D eigenvalue weighted by Gasteiger charge is -2.04. The summed E-state index contributed by atoms with van der Waals surface area (Å²) in [6.07, 6.45) is 15.0. The van der Waals surface area contributed by atoms with Crippen LogP contribution < -0.4 is 5.32 Å². The molecule has 0 radical (unpaired) electrons. The normalized spacial score (nSPS) is 14.4. The average Bonchev–Trinajstić information content (AvgIpc) is 3.15. The summed E-state index contributed by atoms with van der Waals surface area (Å²) >= 11 is 1.78. The lowest BCUT2D eigenvalue weighted by molar-refractivity contribution is -0.111. The van der Waals surface area contributed by atoms with E-state index in [1.165, 1.54) is 32.1 Å². The predicted molar refractivity (Wildman–Crippen MR) is 111 cm³/mol. The number of carbonyl (C=O) groups excluding carboxylic acids is 1. The highest BCUT2D eigenvalue weighted by atomic mass is 32.2. The number of amides is 1.